The Kier molecular flexibility index (Phi) is 5.82. The molecule has 154 valence electrons. The lowest BCUT2D eigenvalue weighted by Gasteiger charge is -2.38. The average Bonchev–Trinajstić information content (AvgIpc) is 3.40. The highest BCUT2D eigenvalue weighted by Crippen LogP contribution is 2.31. The van der Waals surface area contributed by atoms with Gasteiger partial charge >= 0.3 is 0 Å². The van der Waals surface area contributed by atoms with Gasteiger partial charge in [-0.15, -0.1) is 0 Å². The summed E-state index contributed by atoms with van der Waals surface area (Å²) in [6, 6.07) is 1.21. The van der Waals surface area contributed by atoms with Crippen LogP contribution in [0.1, 0.15) is 36.2 Å². The molecule has 3 heterocycles. The summed E-state index contributed by atoms with van der Waals surface area (Å²) in [5.41, 5.74) is -0.161. The number of hydrogen-bond acceptors (Lipinski definition) is 5. The molecule has 0 radical (unpaired) electrons. The molecule has 0 bridgehead atoms. The first-order chi connectivity index (χ1) is 13.6. The fraction of sp³-hybridized carbons (Fsp3) is 0.737. The summed E-state index contributed by atoms with van der Waals surface area (Å²) >= 11 is 0. The predicted molar refractivity (Wildman–Crippen MR) is 102 cm³/mol. The molecule has 1 aliphatic carbocycles. The zero-order valence-electron chi connectivity index (χ0n) is 16.1. The van der Waals surface area contributed by atoms with E-state index in [4.69, 9.17) is 4.74 Å². The van der Waals surface area contributed by atoms with Crippen LogP contribution >= 0.6 is 0 Å². The zero-order valence-corrected chi connectivity index (χ0v) is 16.1. The maximum Gasteiger partial charge on any atom is 0.269 e. The Bertz CT molecular complexity index is 748. The molecule has 3 N–H and O–H groups in total. The zero-order chi connectivity index (χ0) is 19.5. The SMILES string of the molecule is O=C(NC[C@H]1CN(CC2CCN(CC3CC3)CC2)C(=O)CO1)c1cc(=O)[nH][nH]1. The molecule has 2 aliphatic heterocycles. The van der Waals surface area contributed by atoms with Crippen molar-refractivity contribution in [3.63, 3.8) is 0 Å². The van der Waals surface area contributed by atoms with Crippen LogP contribution in [0.3, 0.4) is 0 Å². The lowest BCUT2D eigenvalue weighted by atomic mass is 9.95. The van der Waals surface area contributed by atoms with Crippen LogP contribution in [0.25, 0.3) is 0 Å². The number of carbonyl (C=O) groups excluding carboxylic acids is 2. The number of hydrogen-bond donors (Lipinski definition) is 3. The van der Waals surface area contributed by atoms with Crippen molar-refractivity contribution in [2.75, 3.05) is 45.9 Å². The standard InChI is InChI=1S/C19H29N5O4/c25-17-7-16(21-22-17)19(27)20-8-15-11-24(18(26)12-28-15)10-14-3-5-23(6-4-14)9-13-1-2-13/h7,13-15H,1-6,8-12H2,(H,20,27)(H2,21,22,25)/t15-/m0/s1. The van der Waals surface area contributed by atoms with Crippen LogP contribution in [-0.4, -0.2) is 83.8 Å². The Balaban J connectivity index is 1.21. The largest absolute Gasteiger partial charge is 0.365 e. The van der Waals surface area contributed by atoms with E-state index in [1.165, 1.54) is 25.5 Å². The summed E-state index contributed by atoms with van der Waals surface area (Å²) in [5.74, 6) is 1.13. The molecule has 9 nitrogen and oxygen atoms in total. The van der Waals surface area contributed by atoms with Gasteiger partial charge in [-0.1, -0.05) is 0 Å². The maximum atomic E-state index is 12.3. The van der Waals surface area contributed by atoms with Crippen molar-refractivity contribution in [2.24, 2.45) is 11.8 Å². The molecule has 0 aromatic carbocycles. The van der Waals surface area contributed by atoms with Crippen molar-refractivity contribution in [1.29, 1.82) is 0 Å². The van der Waals surface area contributed by atoms with E-state index >= 15 is 0 Å². The quantitative estimate of drug-likeness (QED) is 0.595. The highest BCUT2D eigenvalue weighted by molar-refractivity contribution is 5.92. The lowest BCUT2D eigenvalue weighted by Crippen LogP contribution is -2.52. The van der Waals surface area contributed by atoms with Gasteiger partial charge in [0, 0.05) is 32.2 Å². The summed E-state index contributed by atoms with van der Waals surface area (Å²) < 4.78 is 5.57. The molecule has 9 heteroatoms. The van der Waals surface area contributed by atoms with Crippen molar-refractivity contribution in [2.45, 2.75) is 31.8 Å². The van der Waals surface area contributed by atoms with E-state index in [2.05, 4.69) is 20.4 Å². The van der Waals surface area contributed by atoms with E-state index in [1.54, 1.807) is 0 Å². The fourth-order valence-electron chi connectivity index (χ4n) is 4.07. The van der Waals surface area contributed by atoms with Crippen molar-refractivity contribution in [3.05, 3.63) is 22.1 Å². The molecule has 0 spiro atoms. The van der Waals surface area contributed by atoms with Gasteiger partial charge in [-0.3, -0.25) is 24.6 Å². The van der Waals surface area contributed by atoms with Crippen LogP contribution < -0.4 is 10.9 Å². The smallest absolute Gasteiger partial charge is 0.269 e. The van der Waals surface area contributed by atoms with Crippen molar-refractivity contribution in [1.82, 2.24) is 25.3 Å². The molecule has 28 heavy (non-hydrogen) atoms. The van der Waals surface area contributed by atoms with Gasteiger partial charge in [0.1, 0.15) is 12.3 Å². The molecule has 1 aromatic rings. The fourth-order valence-corrected chi connectivity index (χ4v) is 4.07. The average molecular weight is 391 g/mol. The molecule has 1 saturated carbocycles. The highest BCUT2D eigenvalue weighted by atomic mass is 16.5. The minimum absolute atomic E-state index is 0.0259. The van der Waals surface area contributed by atoms with Crippen LogP contribution in [0.5, 0.6) is 0 Å². The summed E-state index contributed by atoms with van der Waals surface area (Å²) in [6.07, 6.45) is 4.82. The molecule has 2 amide bonds. The second-order valence-electron chi connectivity index (χ2n) is 8.30. The number of likely N-dealkylation sites (tertiary alicyclic amines) is 1. The number of rotatable bonds is 7. The van der Waals surface area contributed by atoms with Crippen molar-refractivity contribution in [3.8, 4) is 0 Å². The molecule has 3 aliphatic rings. The van der Waals surface area contributed by atoms with Gasteiger partial charge < -0.3 is 19.9 Å². The van der Waals surface area contributed by atoms with E-state index in [0.717, 1.165) is 38.4 Å². The number of ether oxygens (including phenoxy) is 1. The second kappa shape index (κ2) is 8.48. The number of aromatic amines is 2. The summed E-state index contributed by atoms with van der Waals surface area (Å²) in [5, 5.41) is 7.61. The molecule has 3 fully saturated rings. The summed E-state index contributed by atoms with van der Waals surface area (Å²) in [7, 11) is 0. The first-order valence-electron chi connectivity index (χ1n) is 10.2. The van der Waals surface area contributed by atoms with Gasteiger partial charge in [-0.25, -0.2) is 0 Å². The normalized spacial score (nSPS) is 24.5. The number of aromatic nitrogens is 2. The van der Waals surface area contributed by atoms with Crippen LogP contribution in [-0.2, 0) is 9.53 Å². The monoisotopic (exact) mass is 391 g/mol. The Morgan fingerprint density at radius 1 is 1.11 bits per heavy atom. The summed E-state index contributed by atoms with van der Waals surface area (Å²) in [6.45, 7) is 5.14. The number of nitrogens with zero attached hydrogens (tertiary/aromatic N) is 2. The molecular formula is C19H29N5O4. The maximum absolute atomic E-state index is 12.3. The second-order valence-corrected chi connectivity index (χ2v) is 8.30. The number of carbonyl (C=O) groups is 2. The van der Waals surface area contributed by atoms with Gasteiger partial charge in [0.2, 0.25) is 5.91 Å². The van der Waals surface area contributed by atoms with E-state index in [9.17, 15) is 14.4 Å². The minimum atomic E-state index is -0.367. The predicted octanol–water partition coefficient (Wildman–Crippen LogP) is -0.218. The third-order valence-electron chi connectivity index (χ3n) is 5.95. The third kappa shape index (κ3) is 5.02. The molecule has 4 rings (SSSR count). The Labute approximate surface area is 163 Å². The first-order valence-corrected chi connectivity index (χ1v) is 10.2. The Morgan fingerprint density at radius 3 is 2.54 bits per heavy atom. The van der Waals surface area contributed by atoms with Gasteiger partial charge in [-0.05, 0) is 50.6 Å². The Morgan fingerprint density at radius 2 is 1.86 bits per heavy atom. The molecule has 1 aromatic heterocycles. The van der Waals surface area contributed by atoms with E-state index in [-0.39, 0.29) is 35.8 Å². The van der Waals surface area contributed by atoms with Crippen LogP contribution in [0.15, 0.2) is 10.9 Å². The van der Waals surface area contributed by atoms with Crippen molar-refractivity contribution < 1.29 is 14.3 Å². The first kappa shape index (κ1) is 19.2. The van der Waals surface area contributed by atoms with Crippen LogP contribution in [0, 0.1) is 11.8 Å². The van der Waals surface area contributed by atoms with E-state index < -0.39 is 0 Å². The number of morpholine rings is 1. The highest BCUT2D eigenvalue weighted by Gasteiger charge is 2.31. The van der Waals surface area contributed by atoms with Crippen LogP contribution in [0.4, 0.5) is 0 Å². The summed E-state index contributed by atoms with van der Waals surface area (Å²) in [4.78, 5) is 39.8. The van der Waals surface area contributed by atoms with Gasteiger partial charge in [0.15, 0.2) is 0 Å². The van der Waals surface area contributed by atoms with E-state index in [1.807, 2.05) is 4.90 Å². The number of piperidine rings is 1. The van der Waals surface area contributed by atoms with Gasteiger partial charge in [0.05, 0.1) is 6.10 Å². The Hall–Kier alpha value is -2.13. The molecular weight excluding hydrogens is 362 g/mol. The number of H-pyrrole nitrogens is 2. The minimum Gasteiger partial charge on any atom is -0.365 e. The van der Waals surface area contributed by atoms with Crippen LogP contribution in [0.2, 0.25) is 0 Å². The topological polar surface area (TPSA) is 111 Å². The molecule has 2 saturated heterocycles. The van der Waals surface area contributed by atoms with Gasteiger partial charge in [-0.2, -0.15) is 0 Å². The molecule has 1 atom stereocenters. The third-order valence-corrected chi connectivity index (χ3v) is 5.95. The lowest BCUT2D eigenvalue weighted by molar-refractivity contribution is -0.149. The molecule has 0 unspecified atom stereocenters. The van der Waals surface area contributed by atoms with E-state index in [0.29, 0.717) is 19.0 Å². The number of nitrogens with one attached hydrogen (secondary N) is 3. The number of amides is 2. The van der Waals surface area contributed by atoms with Crippen molar-refractivity contribution >= 4 is 11.8 Å². The van der Waals surface area contributed by atoms with Gasteiger partial charge in [0.25, 0.3) is 11.5 Å².